The Morgan fingerprint density at radius 3 is 2.34 bits per heavy atom. The third-order valence-corrected chi connectivity index (χ3v) is 5.78. The molecule has 0 amide bonds. The highest BCUT2D eigenvalue weighted by Crippen LogP contribution is 2.23. The molecule has 0 unspecified atom stereocenters. The van der Waals surface area contributed by atoms with Crippen molar-refractivity contribution in [1.82, 2.24) is 4.98 Å². The number of methoxy groups -OCH3 is 2. The van der Waals surface area contributed by atoms with Gasteiger partial charge in [0.15, 0.2) is 0 Å². The average Bonchev–Trinajstić information content (AvgIpc) is 2.73. The third kappa shape index (κ3) is 8.34. The third-order valence-electron chi connectivity index (χ3n) is 5.78. The molecule has 1 heterocycles. The fraction of sp³-hybridized carbons (Fsp3) is 0.593. The van der Waals surface area contributed by atoms with E-state index >= 15 is 0 Å². The summed E-state index contributed by atoms with van der Waals surface area (Å²) in [6.07, 6.45) is 10.7. The van der Waals surface area contributed by atoms with E-state index in [1.165, 1.54) is 19.8 Å². The van der Waals surface area contributed by atoms with E-state index in [0.29, 0.717) is 29.7 Å². The van der Waals surface area contributed by atoms with Gasteiger partial charge in [-0.3, -0.25) is 4.79 Å². The van der Waals surface area contributed by atoms with Crippen LogP contribution >= 0.6 is 0 Å². The summed E-state index contributed by atoms with van der Waals surface area (Å²) in [5.74, 6) is 1.62. The number of aliphatic hydroxyl groups excluding tert-OH is 1. The first-order valence-corrected chi connectivity index (χ1v) is 11.5. The van der Waals surface area contributed by atoms with E-state index in [1.54, 1.807) is 6.92 Å². The van der Waals surface area contributed by atoms with Crippen molar-refractivity contribution >= 4 is 0 Å². The molecule has 1 rings (SSSR count). The van der Waals surface area contributed by atoms with Crippen LogP contribution in [0.1, 0.15) is 65.6 Å². The highest BCUT2D eigenvalue weighted by Gasteiger charge is 2.18. The minimum Gasteiger partial charge on any atom is -0.488 e. The molecule has 0 saturated carbocycles. The van der Waals surface area contributed by atoms with Gasteiger partial charge in [0.05, 0.1) is 20.3 Å². The molecular weight excluding hydrogens is 402 g/mol. The lowest BCUT2D eigenvalue weighted by molar-refractivity contribution is 0.139. The fourth-order valence-corrected chi connectivity index (χ4v) is 3.94. The monoisotopic (exact) mass is 445 g/mol. The van der Waals surface area contributed by atoms with Crippen LogP contribution in [0.15, 0.2) is 40.2 Å². The molecule has 0 fully saturated rings. The lowest BCUT2D eigenvalue weighted by Crippen LogP contribution is -2.21. The lowest BCUT2D eigenvalue weighted by atomic mass is 9.88. The molecule has 5 heteroatoms. The van der Waals surface area contributed by atoms with E-state index in [0.717, 1.165) is 24.1 Å². The highest BCUT2D eigenvalue weighted by atomic mass is 16.5. The summed E-state index contributed by atoms with van der Waals surface area (Å²) < 4.78 is 10.4. The Kier molecular flexibility index (Phi) is 11.6. The fourth-order valence-electron chi connectivity index (χ4n) is 3.94. The smallest absolute Gasteiger partial charge is 0.238 e. The van der Waals surface area contributed by atoms with E-state index < -0.39 is 0 Å². The second kappa shape index (κ2) is 13.3. The van der Waals surface area contributed by atoms with Crippen molar-refractivity contribution in [3.05, 3.63) is 56.9 Å². The van der Waals surface area contributed by atoms with Crippen LogP contribution in [0.3, 0.4) is 0 Å². The van der Waals surface area contributed by atoms with E-state index in [2.05, 4.69) is 63.9 Å². The number of ether oxygens (including phenoxy) is 2. The zero-order chi connectivity index (χ0) is 24.4. The number of aliphatic hydroxyl groups is 1. The number of hydrogen-bond acceptors (Lipinski definition) is 4. The standard InChI is InChI=1S/C27H43NO4/c1-17(2)15-20(5)24(29)21(6)16-19(4)12-10-11-18(3)13-14-23-22(7)25(30)26(31-8)27(28-23)32-9/h10,12-13,15,17,19,21,24,29H,11,14,16H2,1-9H3,(H,28,30)/b12-10+,18-13+,20-15+/t19-,21-,24-/m0/s1. The van der Waals surface area contributed by atoms with E-state index in [-0.39, 0.29) is 23.2 Å². The maximum Gasteiger partial charge on any atom is 0.238 e. The number of H-pyrrole nitrogens is 1. The van der Waals surface area contributed by atoms with Crippen LogP contribution in [0, 0.1) is 24.7 Å². The van der Waals surface area contributed by atoms with Crippen LogP contribution in [0.4, 0.5) is 0 Å². The number of aromatic amines is 1. The van der Waals surface area contributed by atoms with Crippen LogP contribution < -0.4 is 14.9 Å². The zero-order valence-electron chi connectivity index (χ0n) is 21.4. The van der Waals surface area contributed by atoms with Crippen molar-refractivity contribution in [3.63, 3.8) is 0 Å². The Morgan fingerprint density at radius 1 is 1.12 bits per heavy atom. The SMILES string of the molecule is COc1[nH]c(C/C=C(\C)C/C=C/[C@H](C)C[C@H](C)[C@@H](O)/C(C)=C/C(C)C)c(C)c(=O)c1OC. The van der Waals surface area contributed by atoms with Gasteiger partial charge in [-0.15, -0.1) is 0 Å². The van der Waals surface area contributed by atoms with Crippen LogP contribution in [-0.4, -0.2) is 30.4 Å². The van der Waals surface area contributed by atoms with Gasteiger partial charge in [-0.05, 0) is 56.9 Å². The lowest BCUT2D eigenvalue weighted by Gasteiger charge is -2.22. The predicted octanol–water partition coefficient (Wildman–Crippen LogP) is 5.76. The highest BCUT2D eigenvalue weighted by molar-refractivity contribution is 5.40. The zero-order valence-corrected chi connectivity index (χ0v) is 21.4. The van der Waals surface area contributed by atoms with Crippen molar-refractivity contribution in [3.8, 4) is 11.6 Å². The van der Waals surface area contributed by atoms with Crippen molar-refractivity contribution in [2.24, 2.45) is 17.8 Å². The number of aromatic nitrogens is 1. The molecule has 1 aromatic rings. The molecule has 1 aromatic heterocycles. The van der Waals surface area contributed by atoms with Crippen molar-refractivity contribution < 1.29 is 14.6 Å². The predicted molar refractivity (Wildman–Crippen MR) is 134 cm³/mol. The number of allylic oxidation sites excluding steroid dienone is 5. The minimum absolute atomic E-state index is 0.146. The van der Waals surface area contributed by atoms with E-state index in [4.69, 9.17) is 9.47 Å². The van der Waals surface area contributed by atoms with Gasteiger partial charge >= 0.3 is 0 Å². The van der Waals surface area contributed by atoms with E-state index in [1.807, 2.05) is 6.92 Å². The van der Waals surface area contributed by atoms with Gasteiger partial charge in [0.2, 0.25) is 17.1 Å². The molecular formula is C27H43NO4. The van der Waals surface area contributed by atoms with Crippen LogP contribution in [0.25, 0.3) is 0 Å². The summed E-state index contributed by atoms with van der Waals surface area (Å²) in [4.78, 5) is 15.6. The first-order chi connectivity index (χ1) is 15.0. The second-order valence-electron chi connectivity index (χ2n) is 9.30. The molecule has 0 saturated heterocycles. The van der Waals surface area contributed by atoms with Gasteiger partial charge in [0.1, 0.15) is 0 Å². The summed E-state index contributed by atoms with van der Waals surface area (Å²) in [6.45, 7) is 14.5. The second-order valence-corrected chi connectivity index (χ2v) is 9.30. The Bertz CT molecular complexity index is 876. The van der Waals surface area contributed by atoms with Crippen molar-refractivity contribution in [2.75, 3.05) is 14.2 Å². The number of rotatable bonds is 12. The molecule has 0 aliphatic carbocycles. The molecule has 3 atom stereocenters. The minimum atomic E-state index is -0.387. The molecule has 32 heavy (non-hydrogen) atoms. The summed E-state index contributed by atoms with van der Waals surface area (Å²) in [5, 5.41) is 10.5. The number of hydrogen-bond donors (Lipinski definition) is 2. The maximum absolute atomic E-state index is 12.4. The van der Waals surface area contributed by atoms with Gasteiger partial charge in [0, 0.05) is 17.7 Å². The van der Waals surface area contributed by atoms with Crippen molar-refractivity contribution in [2.45, 2.75) is 73.8 Å². The Labute approximate surface area is 194 Å². The quantitative estimate of drug-likeness (QED) is 0.401. The molecule has 0 aliphatic rings. The molecule has 0 radical (unpaired) electrons. The van der Waals surface area contributed by atoms with Crippen molar-refractivity contribution in [1.29, 1.82) is 0 Å². The first kappa shape index (κ1) is 27.8. The molecule has 2 N–H and O–H groups in total. The average molecular weight is 446 g/mol. The summed E-state index contributed by atoms with van der Waals surface area (Å²) in [6, 6.07) is 0. The van der Waals surface area contributed by atoms with Crippen LogP contribution in [0.5, 0.6) is 11.6 Å². The van der Waals surface area contributed by atoms with Gasteiger partial charge < -0.3 is 19.6 Å². The van der Waals surface area contributed by atoms with Gasteiger partial charge in [-0.25, -0.2) is 0 Å². The number of nitrogens with one attached hydrogen (secondary N) is 1. The van der Waals surface area contributed by atoms with Gasteiger partial charge in [-0.1, -0.05) is 57.6 Å². The summed E-state index contributed by atoms with van der Waals surface area (Å²) in [5.41, 5.74) is 3.62. The molecule has 0 bridgehead atoms. The summed E-state index contributed by atoms with van der Waals surface area (Å²) >= 11 is 0. The van der Waals surface area contributed by atoms with Crippen LogP contribution in [-0.2, 0) is 6.42 Å². The molecule has 0 spiro atoms. The Balaban J connectivity index is 2.69. The normalized spacial score (nSPS) is 15.8. The largest absolute Gasteiger partial charge is 0.488 e. The molecule has 5 nitrogen and oxygen atoms in total. The molecule has 180 valence electrons. The summed E-state index contributed by atoms with van der Waals surface area (Å²) in [7, 11) is 2.98. The topological polar surface area (TPSA) is 71.5 Å². The van der Waals surface area contributed by atoms with Gasteiger partial charge in [0.25, 0.3) is 0 Å². The maximum atomic E-state index is 12.4. The molecule has 0 aliphatic heterocycles. The number of pyridine rings is 1. The van der Waals surface area contributed by atoms with E-state index in [9.17, 15) is 9.90 Å². The van der Waals surface area contributed by atoms with Gasteiger partial charge in [-0.2, -0.15) is 0 Å². The Hall–Kier alpha value is -2.27. The Morgan fingerprint density at radius 2 is 1.78 bits per heavy atom. The molecule has 0 aromatic carbocycles. The van der Waals surface area contributed by atoms with Crippen LogP contribution in [0.2, 0.25) is 0 Å². The first-order valence-electron chi connectivity index (χ1n) is 11.5.